The minimum absolute atomic E-state index is 0.0472. The van der Waals surface area contributed by atoms with E-state index in [1.54, 1.807) is 4.90 Å². The van der Waals surface area contributed by atoms with Crippen LogP contribution in [0.5, 0.6) is 0 Å². The molecule has 1 atom stereocenters. The molecule has 120 valence electrons. The molecule has 1 N–H and O–H groups in total. The predicted octanol–water partition coefficient (Wildman–Crippen LogP) is 2.55. The van der Waals surface area contributed by atoms with E-state index in [2.05, 4.69) is 12.2 Å². The zero-order valence-electron chi connectivity index (χ0n) is 13.7. The topological polar surface area (TPSA) is 58.6 Å². The fraction of sp³-hybridized carbons (Fsp3) is 0.875. The minimum Gasteiger partial charge on any atom is -0.444 e. The van der Waals surface area contributed by atoms with Crippen molar-refractivity contribution in [3.8, 4) is 0 Å². The fourth-order valence-corrected chi connectivity index (χ4v) is 3.50. The van der Waals surface area contributed by atoms with Crippen LogP contribution in [0.2, 0.25) is 0 Å². The Morgan fingerprint density at radius 3 is 2.52 bits per heavy atom. The van der Waals surface area contributed by atoms with Gasteiger partial charge in [-0.15, -0.1) is 0 Å². The second kappa shape index (κ2) is 5.85. The van der Waals surface area contributed by atoms with Crippen LogP contribution in [-0.4, -0.2) is 42.1 Å². The number of hydrogen-bond acceptors (Lipinski definition) is 3. The lowest BCUT2D eigenvalue weighted by atomic mass is 9.69. The summed E-state index contributed by atoms with van der Waals surface area (Å²) < 4.78 is 5.43. The average Bonchev–Trinajstić information content (AvgIpc) is 2.68. The minimum atomic E-state index is -0.457. The third kappa shape index (κ3) is 3.50. The third-order valence-electron chi connectivity index (χ3n) is 4.66. The van der Waals surface area contributed by atoms with Gasteiger partial charge in [0, 0.05) is 31.0 Å². The van der Waals surface area contributed by atoms with Gasteiger partial charge in [0.05, 0.1) is 0 Å². The molecule has 5 nitrogen and oxygen atoms in total. The first-order chi connectivity index (χ1) is 9.77. The maximum absolute atomic E-state index is 12.1. The van der Waals surface area contributed by atoms with E-state index in [9.17, 15) is 9.59 Å². The normalized spacial score (nSPS) is 25.0. The Labute approximate surface area is 127 Å². The second-order valence-corrected chi connectivity index (χ2v) is 7.39. The first kappa shape index (κ1) is 16.1. The highest BCUT2D eigenvalue weighted by molar-refractivity contribution is 5.82. The molecule has 0 aromatic heterocycles. The first-order valence-corrected chi connectivity index (χ1v) is 8.03. The Bertz CT molecular complexity index is 406. The lowest BCUT2D eigenvalue weighted by Gasteiger charge is -2.41. The first-order valence-electron chi connectivity index (χ1n) is 8.03. The van der Waals surface area contributed by atoms with E-state index in [1.807, 2.05) is 20.8 Å². The number of likely N-dealkylation sites (tertiary alicyclic amines) is 1. The molecule has 21 heavy (non-hydrogen) atoms. The second-order valence-electron chi connectivity index (χ2n) is 7.39. The van der Waals surface area contributed by atoms with E-state index in [4.69, 9.17) is 4.74 Å². The number of nitrogens with zero attached hydrogens (tertiary/aromatic N) is 1. The van der Waals surface area contributed by atoms with Gasteiger partial charge in [0.2, 0.25) is 5.91 Å². The Balaban J connectivity index is 1.96. The van der Waals surface area contributed by atoms with E-state index in [0.29, 0.717) is 13.1 Å². The quantitative estimate of drug-likeness (QED) is 0.852. The van der Waals surface area contributed by atoms with Gasteiger partial charge < -0.3 is 15.0 Å². The van der Waals surface area contributed by atoms with Gasteiger partial charge in [-0.1, -0.05) is 13.3 Å². The maximum Gasteiger partial charge on any atom is 0.410 e. The molecule has 2 aliphatic heterocycles. The van der Waals surface area contributed by atoms with Gasteiger partial charge in [0.1, 0.15) is 5.60 Å². The lowest BCUT2D eigenvalue weighted by molar-refractivity contribution is -0.124. The summed E-state index contributed by atoms with van der Waals surface area (Å²) in [6.07, 6.45) is 3.50. The van der Waals surface area contributed by atoms with Gasteiger partial charge in [-0.25, -0.2) is 4.79 Å². The van der Waals surface area contributed by atoms with Crippen LogP contribution in [0.25, 0.3) is 0 Å². The number of carbonyl (C=O) groups is 2. The van der Waals surface area contributed by atoms with Crippen LogP contribution >= 0.6 is 0 Å². The van der Waals surface area contributed by atoms with Crippen LogP contribution in [0.4, 0.5) is 4.79 Å². The molecule has 0 unspecified atom stereocenters. The average molecular weight is 296 g/mol. The zero-order chi connectivity index (χ0) is 15.7. The SMILES string of the molecule is CCC[C@H]1C(=O)NCC12CCN(C(=O)OC(C)(C)C)CC2. The van der Waals surface area contributed by atoms with Crippen LogP contribution in [0.3, 0.4) is 0 Å². The molecule has 2 aliphatic rings. The zero-order valence-corrected chi connectivity index (χ0v) is 13.7. The number of amides is 2. The van der Waals surface area contributed by atoms with Crippen molar-refractivity contribution >= 4 is 12.0 Å². The molecule has 0 aliphatic carbocycles. The van der Waals surface area contributed by atoms with E-state index in [0.717, 1.165) is 32.2 Å². The van der Waals surface area contributed by atoms with Crippen molar-refractivity contribution in [3.05, 3.63) is 0 Å². The molecule has 0 aromatic carbocycles. The van der Waals surface area contributed by atoms with Crippen molar-refractivity contribution < 1.29 is 14.3 Å². The van der Waals surface area contributed by atoms with Crippen molar-refractivity contribution in [2.75, 3.05) is 19.6 Å². The largest absolute Gasteiger partial charge is 0.444 e. The van der Waals surface area contributed by atoms with Crippen LogP contribution in [-0.2, 0) is 9.53 Å². The number of piperidine rings is 1. The van der Waals surface area contributed by atoms with Gasteiger partial charge in [-0.3, -0.25) is 4.79 Å². The number of carbonyl (C=O) groups excluding carboxylic acids is 2. The summed E-state index contributed by atoms with van der Waals surface area (Å²) in [5.74, 6) is 0.311. The molecule has 0 saturated carbocycles. The summed E-state index contributed by atoms with van der Waals surface area (Å²) in [6, 6.07) is 0. The third-order valence-corrected chi connectivity index (χ3v) is 4.66. The summed E-state index contributed by atoms with van der Waals surface area (Å²) in [6.45, 7) is 9.90. The van der Waals surface area contributed by atoms with E-state index < -0.39 is 5.60 Å². The van der Waals surface area contributed by atoms with Crippen molar-refractivity contribution in [2.45, 2.75) is 59.0 Å². The summed E-state index contributed by atoms with van der Waals surface area (Å²) in [5.41, 5.74) is -0.409. The lowest BCUT2D eigenvalue weighted by Crippen LogP contribution is -2.47. The molecule has 2 rings (SSSR count). The number of nitrogens with one attached hydrogen (secondary N) is 1. The van der Waals surface area contributed by atoms with E-state index in [1.165, 1.54) is 0 Å². The molecule has 0 radical (unpaired) electrons. The van der Waals surface area contributed by atoms with Crippen molar-refractivity contribution in [1.29, 1.82) is 0 Å². The van der Waals surface area contributed by atoms with Gasteiger partial charge in [-0.2, -0.15) is 0 Å². The fourth-order valence-electron chi connectivity index (χ4n) is 3.50. The summed E-state index contributed by atoms with van der Waals surface area (Å²) in [5, 5.41) is 3.02. The molecular formula is C16H28N2O3. The summed E-state index contributed by atoms with van der Waals surface area (Å²) >= 11 is 0. The molecule has 2 heterocycles. The molecule has 5 heteroatoms. The number of rotatable bonds is 2. The Kier molecular flexibility index (Phi) is 4.49. The highest BCUT2D eigenvalue weighted by atomic mass is 16.6. The molecule has 0 bridgehead atoms. The molecule has 2 saturated heterocycles. The highest BCUT2D eigenvalue weighted by Crippen LogP contribution is 2.44. The van der Waals surface area contributed by atoms with E-state index in [-0.39, 0.29) is 23.3 Å². The highest BCUT2D eigenvalue weighted by Gasteiger charge is 2.49. The molecule has 1 spiro atoms. The smallest absolute Gasteiger partial charge is 0.410 e. The Morgan fingerprint density at radius 2 is 2.00 bits per heavy atom. The van der Waals surface area contributed by atoms with Crippen LogP contribution in [0.1, 0.15) is 53.4 Å². The number of ether oxygens (including phenoxy) is 1. The number of hydrogen-bond donors (Lipinski definition) is 1. The van der Waals surface area contributed by atoms with Crippen LogP contribution < -0.4 is 5.32 Å². The maximum atomic E-state index is 12.1. The Hall–Kier alpha value is -1.26. The summed E-state index contributed by atoms with van der Waals surface area (Å²) in [7, 11) is 0. The van der Waals surface area contributed by atoms with Gasteiger partial charge >= 0.3 is 6.09 Å². The van der Waals surface area contributed by atoms with Crippen molar-refractivity contribution in [2.24, 2.45) is 11.3 Å². The van der Waals surface area contributed by atoms with Crippen molar-refractivity contribution in [3.63, 3.8) is 0 Å². The van der Waals surface area contributed by atoms with Gasteiger partial charge in [-0.05, 0) is 40.0 Å². The van der Waals surface area contributed by atoms with Gasteiger partial charge in [0.25, 0.3) is 0 Å². The Morgan fingerprint density at radius 1 is 1.38 bits per heavy atom. The standard InChI is InChI=1S/C16H28N2O3/c1-5-6-12-13(19)17-11-16(12)7-9-18(10-8-16)14(20)21-15(2,3)4/h12H,5-11H2,1-4H3,(H,17,19)/t12-/m0/s1. The monoisotopic (exact) mass is 296 g/mol. The van der Waals surface area contributed by atoms with Crippen molar-refractivity contribution in [1.82, 2.24) is 10.2 Å². The van der Waals surface area contributed by atoms with E-state index >= 15 is 0 Å². The predicted molar refractivity (Wildman–Crippen MR) is 80.9 cm³/mol. The molecule has 2 fully saturated rings. The molecule has 0 aromatic rings. The van der Waals surface area contributed by atoms with Gasteiger partial charge in [0.15, 0.2) is 0 Å². The van der Waals surface area contributed by atoms with Crippen LogP contribution in [0, 0.1) is 11.3 Å². The molecular weight excluding hydrogens is 268 g/mol. The van der Waals surface area contributed by atoms with Crippen LogP contribution in [0.15, 0.2) is 0 Å². The molecule has 2 amide bonds. The summed E-state index contributed by atoms with van der Waals surface area (Å²) in [4.78, 5) is 25.9.